The van der Waals surface area contributed by atoms with Crippen molar-refractivity contribution in [3.05, 3.63) is 60.2 Å². The molecule has 3 aromatic rings. The highest BCUT2D eigenvalue weighted by Crippen LogP contribution is 2.20. The molecule has 0 aliphatic rings. The number of benzene rings is 1. The molecule has 0 aliphatic carbocycles. The largest absolute Gasteiger partial charge is 0.304 e. The van der Waals surface area contributed by atoms with E-state index in [1.54, 1.807) is 34.9 Å². The molecule has 4 heteroatoms. The molecule has 18 heavy (non-hydrogen) atoms. The van der Waals surface area contributed by atoms with Gasteiger partial charge in [0.1, 0.15) is 17.8 Å². The molecule has 2 aromatic heterocycles. The third-order valence-corrected chi connectivity index (χ3v) is 2.73. The molecule has 0 saturated carbocycles. The van der Waals surface area contributed by atoms with Gasteiger partial charge in [-0.3, -0.25) is 4.79 Å². The maximum atomic E-state index is 13.1. The number of hydrogen-bond donors (Lipinski definition) is 0. The number of halogens is 1. The van der Waals surface area contributed by atoms with Crippen LogP contribution < -0.4 is 0 Å². The number of hydrogen-bond acceptors (Lipinski definition) is 2. The second-order valence-electron chi connectivity index (χ2n) is 3.98. The van der Waals surface area contributed by atoms with E-state index in [0.717, 1.165) is 11.8 Å². The third-order valence-electron chi connectivity index (χ3n) is 2.73. The average molecular weight is 240 g/mol. The van der Waals surface area contributed by atoms with Gasteiger partial charge < -0.3 is 4.40 Å². The van der Waals surface area contributed by atoms with Crippen LogP contribution in [-0.2, 0) is 0 Å². The number of pyridine rings is 1. The van der Waals surface area contributed by atoms with E-state index in [9.17, 15) is 9.18 Å². The molecular formula is C14H9FN2O. The molecule has 0 spiro atoms. The Balaban J connectivity index is 2.15. The molecule has 3 rings (SSSR count). The summed E-state index contributed by atoms with van der Waals surface area (Å²) >= 11 is 0. The Hall–Kier alpha value is -2.49. The van der Waals surface area contributed by atoms with Crippen molar-refractivity contribution in [1.82, 2.24) is 9.38 Å². The van der Waals surface area contributed by atoms with Gasteiger partial charge in [-0.2, -0.15) is 0 Å². The Morgan fingerprint density at radius 1 is 1.17 bits per heavy atom. The van der Waals surface area contributed by atoms with Gasteiger partial charge >= 0.3 is 0 Å². The summed E-state index contributed by atoms with van der Waals surface area (Å²) in [4.78, 5) is 15.1. The summed E-state index contributed by atoms with van der Waals surface area (Å²) in [6.07, 6.45) is 3.90. The quantitative estimate of drug-likeness (QED) is 0.645. The molecule has 0 radical (unpaired) electrons. The van der Waals surface area contributed by atoms with Crippen molar-refractivity contribution >= 4 is 11.9 Å². The van der Waals surface area contributed by atoms with Crippen LogP contribution in [0, 0.1) is 5.82 Å². The van der Waals surface area contributed by atoms with Crippen molar-refractivity contribution in [2.24, 2.45) is 0 Å². The number of aldehydes is 1. The fourth-order valence-corrected chi connectivity index (χ4v) is 1.88. The highest BCUT2D eigenvalue weighted by Gasteiger charge is 2.05. The lowest BCUT2D eigenvalue weighted by Gasteiger charge is -1.96. The third kappa shape index (κ3) is 1.78. The van der Waals surface area contributed by atoms with Crippen LogP contribution in [0.3, 0.4) is 0 Å². The molecule has 0 unspecified atom stereocenters. The molecule has 2 heterocycles. The van der Waals surface area contributed by atoms with Crippen LogP contribution in [0.5, 0.6) is 0 Å². The number of nitrogens with zero attached hydrogens (tertiary/aromatic N) is 2. The molecule has 88 valence electrons. The molecule has 0 bridgehead atoms. The number of rotatable bonds is 2. The number of imidazole rings is 1. The van der Waals surface area contributed by atoms with Crippen LogP contribution in [0.15, 0.2) is 48.8 Å². The molecule has 0 amide bonds. The van der Waals surface area contributed by atoms with Gasteiger partial charge in [-0.15, -0.1) is 0 Å². The minimum atomic E-state index is -0.312. The van der Waals surface area contributed by atoms with Crippen LogP contribution in [0.1, 0.15) is 10.4 Å². The second kappa shape index (κ2) is 4.07. The Kier molecular flexibility index (Phi) is 2.41. The summed E-state index contributed by atoms with van der Waals surface area (Å²) < 4.78 is 14.7. The summed E-state index contributed by atoms with van der Waals surface area (Å²) in [6, 6.07) is 10.1. The zero-order valence-electron chi connectivity index (χ0n) is 9.38. The molecule has 0 fully saturated rings. The molecule has 1 aromatic carbocycles. The summed E-state index contributed by atoms with van der Waals surface area (Å²) in [6.45, 7) is 0. The topological polar surface area (TPSA) is 34.4 Å². The molecular weight excluding hydrogens is 231 g/mol. The fraction of sp³-hybridized carbons (Fsp3) is 0. The standard InChI is InChI=1S/C14H9FN2O/c15-12-4-5-14-16-13(8-17(14)7-12)11-3-1-2-10(6-11)9-18/h1-9H. The van der Waals surface area contributed by atoms with E-state index in [-0.39, 0.29) is 5.82 Å². The van der Waals surface area contributed by atoms with Crippen LogP contribution in [-0.4, -0.2) is 15.7 Å². The van der Waals surface area contributed by atoms with Gasteiger partial charge in [-0.1, -0.05) is 18.2 Å². The van der Waals surface area contributed by atoms with E-state index in [0.29, 0.717) is 16.9 Å². The monoisotopic (exact) mass is 240 g/mol. The van der Waals surface area contributed by atoms with Crippen molar-refractivity contribution < 1.29 is 9.18 Å². The first-order chi connectivity index (χ1) is 8.76. The summed E-state index contributed by atoms with van der Waals surface area (Å²) in [5.41, 5.74) is 2.81. The Bertz CT molecular complexity index is 733. The van der Waals surface area contributed by atoms with Gasteiger partial charge in [-0.25, -0.2) is 9.37 Å². The maximum absolute atomic E-state index is 13.1. The minimum absolute atomic E-state index is 0.312. The maximum Gasteiger partial charge on any atom is 0.150 e. The van der Waals surface area contributed by atoms with Crippen LogP contribution in [0.4, 0.5) is 4.39 Å². The predicted octanol–water partition coefficient (Wildman–Crippen LogP) is 2.95. The van der Waals surface area contributed by atoms with E-state index >= 15 is 0 Å². The number of fused-ring (bicyclic) bond motifs is 1. The molecule has 3 nitrogen and oxygen atoms in total. The first-order valence-electron chi connectivity index (χ1n) is 5.46. The smallest absolute Gasteiger partial charge is 0.150 e. The second-order valence-corrected chi connectivity index (χ2v) is 3.98. The van der Waals surface area contributed by atoms with Gasteiger partial charge in [0, 0.05) is 23.5 Å². The SMILES string of the molecule is O=Cc1cccc(-c2cn3cc(F)ccc3n2)c1. The lowest BCUT2D eigenvalue weighted by molar-refractivity contribution is 0.112. The Morgan fingerprint density at radius 3 is 2.89 bits per heavy atom. The Labute approximate surface area is 103 Å². The molecule has 0 saturated heterocycles. The van der Waals surface area contributed by atoms with E-state index < -0.39 is 0 Å². The summed E-state index contributed by atoms with van der Waals surface area (Å²) in [5, 5.41) is 0. The summed E-state index contributed by atoms with van der Waals surface area (Å²) in [5.74, 6) is -0.312. The normalized spacial score (nSPS) is 10.7. The van der Waals surface area contributed by atoms with Crippen molar-refractivity contribution in [3.8, 4) is 11.3 Å². The van der Waals surface area contributed by atoms with Crippen molar-refractivity contribution in [2.45, 2.75) is 0 Å². The number of aromatic nitrogens is 2. The number of carbonyl (C=O) groups excluding carboxylic acids is 1. The van der Waals surface area contributed by atoms with Crippen LogP contribution >= 0.6 is 0 Å². The van der Waals surface area contributed by atoms with Gasteiger partial charge in [0.05, 0.1) is 5.69 Å². The van der Waals surface area contributed by atoms with Gasteiger partial charge in [0.15, 0.2) is 0 Å². The van der Waals surface area contributed by atoms with E-state index in [2.05, 4.69) is 4.98 Å². The zero-order valence-corrected chi connectivity index (χ0v) is 9.38. The first-order valence-corrected chi connectivity index (χ1v) is 5.46. The van der Waals surface area contributed by atoms with Gasteiger partial charge in [0.25, 0.3) is 0 Å². The lowest BCUT2D eigenvalue weighted by atomic mass is 10.1. The van der Waals surface area contributed by atoms with Gasteiger partial charge in [0.2, 0.25) is 0 Å². The fourth-order valence-electron chi connectivity index (χ4n) is 1.88. The Morgan fingerprint density at radius 2 is 2.06 bits per heavy atom. The number of carbonyl (C=O) groups is 1. The molecule has 0 aliphatic heterocycles. The average Bonchev–Trinajstić information content (AvgIpc) is 2.81. The summed E-state index contributed by atoms with van der Waals surface area (Å²) in [7, 11) is 0. The highest BCUT2D eigenvalue weighted by molar-refractivity contribution is 5.78. The van der Waals surface area contributed by atoms with Crippen LogP contribution in [0.25, 0.3) is 16.9 Å². The first kappa shape index (κ1) is 10.7. The van der Waals surface area contributed by atoms with E-state index in [4.69, 9.17) is 0 Å². The van der Waals surface area contributed by atoms with Crippen LogP contribution in [0.2, 0.25) is 0 Å². The van der Waals surface area contributed by atoms with E-state index in [1.165, 1.54) is 12.3 Å². The van der Waals surface area contributed by atoms with Crippen molar-refractivity contribution in [2.75, 3.05) is 0 Å². The molecule has 0 N–H and O–H groups in total. The van der Waals surface area contributed by atoms with Gasteiger partial charge in [-0.05, 0) is 18.2 Å². The zero-order chi connectivity index (χ0) is 12.5. The minimum Gasteiger partial charge on any atom is -0.304 e. The highest BCUT2D eigenvalue weighted by atomic mass is 19.1. The predicted molar refractivity (Wildman–Crippen MR) is 66.0 cm³/mol. The van der Waals surface area contributed by atoms with E-state index in [1.807, 2.05) is 6.07 Å². The van der Waals surface area contributed by atoms with Crippen molar-refractivity contribution in [1.29, 1.82) is 0 Å². The molecule has 0 atom stereocenters. The lowest BCUT2D eigenvalue weighted by Crippen LogP contribution is -1.83. The van der Waals surface area contributed by atoms with Crippen molar-refractivity contribution in [3.63, 3.8) is 0 Å².